The molecule has 1 rings (SSSR count). The Bertz CT molecular complexity index is 387. The average Bonchev–Trinajstić information content (AvgIpc) is 2.46. The molecule has 1 heterocycles. The van der Waals surface area contributed by atoms with E-state index in [0.717, 1.165) is 0 Å². The first-order valence-electron chi connectivity index (χ1n) is 4.21. The predicted octanol–water partition coefficient (Wildman–Crippen LogP) is -0.176. The van der Waals surface area contributed by atoms with Gasteiger partial charge in [0.1, 0.15) is 0 Å². The Labute approximate surface area is 91.4 Å². The number of hydrogen-bond donors (Lipinski definition) is 1. The molecule has 0 saturated heterocycles. The van der Waals surface area contributed by atoms with Crippen molar-refractivity contribution in [2.24, 2.45) is 9.98 Å². The fourth-order valence-corrected chi connectivity index (χ4v) is 1.10. The van der Waals surface area contributed by atoms with Gasteiger partial charge in [-0.15, -0.1) is 0 Å². The maximum atomic E-state index is 11.3. The first kappa shape index (κ1) is 11.4. The van der Waals surface area contributed by atoms with Gasteiger partial charge in [0.05, 0.1) is 6.61 Å². The van der Waals surface area contributed by atoms with E-state index < -0.39 is 5.97 Å². The number of rotatable bonds is 2. The Kier molecular flexibility index (Phi) is 3.62. The monoisotopic (exact) mass is 227 g/mol. The first-order valence-corrected chi connectivity index (χ1v) is 4.61. The molecule has 15 heavy (non-hydrogen) atoms. The Hall–Kier alpha value is -1.63. The number of amides is 1. The molecular formula is C8H9N3O3S. The summed E-state index contributed by atoms with van der Waals surface area (Å²) in [5, 5.41) is 2.36. The lowest BCUT2D eigenvalue weighted by molar-refractivity contribution is -0.134. The zero-order chi connectivity index (χ0) is 11.4. The highest BCUT2D eigenvalue weighted by Gasteiger charge is 2.26. The van der Waals surface area contributed by atoms with E-state index in [9.17, 15) is 9.59 Å². The third kappa shape index (κ3) is 2.91. The summed E-state index contributed by atoms with van der Waals surface area (Å²) in [4.78, 5) is 29.5. The molecular weight excluding hydrogens is 218 g/mol. The summed E-state index contributed by atoms with van der Waals surface area (Å²) in [6.07, 6.45) is 0. The van der Waals surface area contributed by atoms with E-state index in [1.807, 2.05) is 0 Å². The molecule has 80 valence electrons. The molecule has 7 heteroatoms. The Balaban J connectivity index is 2.84. The quantitative estimate of drug-likeness (QED) is 0.524. The van der Waals surface area contributed by atoms with Crippen LogP contribution in [0, 0.1) is 0 Å². The third-order valence-electron chi connectivity index (χ3n) is 1.40. The Morgan fingerprint density at radius 3 is 2.67 bits per heavy atom. The molecule has 1 amide bonds. The molecule has 1 aliphatic heterocycles. The number of aliphatic imine (C=N–C) groups is 2. The van der Waals surface area contributed by atoms with Gasteiger partial charge in [0.2, 0.25) is 11.0 Å². The summed E-state index contributed by atoms with van der Waals surface area (Å²) in [6, 6.07) is 0. The van der Waals surface area contributed by atoms with Crippen LogP contribution in [0.5, 0.6) is 0 Å². The summed E-state index contributed by atoms with van der Waals surface area (Å²) in [6.45, 7) is 3.19. The molecule has 1 N–H and O–H groups in total. The molecule has 1 aliphatic rings. The zero-order valence-corrected chi connectivity index (χ0v) is 9.05. The van der Waals surface area contributed by atoms with Crippen molar-refractivity contribution in [2.75, 3.05) is 6.61 Å². The Morgan fingerprint density at radius 2 is 2.13 bits per heavy atom. The van der Waals surface area contributed by atoms with Crippen molar-refractivity contribution in [3.8, 4) is 0 Å². The minimum atomic E-state index is -0.648. The number of esters is 1. The molecule has 0 spiro atoms. The fraction of sp³-hybridized carbons (Fsp3) is 0.375. The van der Waals surface area contributed by atoms with Crippen LogP contribution in [0.15, 0.2) is 9.98 Å². The van der Waals surface area contributed by atoms with Crippen LogP contribution in [0.2, 0.25) is 0 Å². The zero-order valence-electron chi connectivity index (χ0n) is 8.23. The second-order valence-corrected chi connectivity index (χ2v) is 2.97. The lowest BCUT2D eigenvalue weighted by atomic mass is 10.3. The number of carbonyl (C=O) groups is 2. The maximum Gasteiger partial charge on any atom is 0.360 e. The summed E-state index contributed by atoms with van der Waals surface area (Å²) in [5.41, 5.74) is -0.0583. The number of carbonyl (C=O) groups excluding carboxylic acids is 2. The largest absolute Gasteiger partial charge is 0.461 e. The highest BCUT2D eigenvalue weighted by molar-refractivity contribution is 7.80. The van der Waals surface area contributed by atoms with Crippen LogP contribution >= 0.6 is 12.2 Å². The maximum absolute atomic E-state index is 11.3. The molecule has 0 aromatic heterocycles. The van der Waals surface area contributed by atoms with Crippen molar-refractivity contribution in [1.82, 2.24) is 5.32 Å². The van der Waals surface area contributed by atoms with E-state index in [0.29, 0.717) is 0 Å². The SMILES string of the molecule is CCOC(=O)C1=NC(=S)N=C1NC(C)=O. The van der Waals surface area contributed by atoms with Crippen LogP contribution in [0.3, 0.4) is 0 Å². The number of ether oxygens (including phenoxy) is 1. The molecule has 6 nitrogen and oxygen atoms in total. The summed E-state index contributed by atoms with van der Waals surface area (Å²) in [7, 11) is 0. The molecule has 0 aliphatic carbocycles. The van der Waals surface area contributed by atoms with E-state index in [2.05, 4.69) is 15.3 Å². The second kappa shape index (κ2) is 4.74. The van der Waals surface area contributed by atoms with Crippen molar-refractivity contribution in [2.45, 2.75) is 13.8 Å². The smallest absolute Gasteiger partial charge is 0.360 e. The van der Waals surface area contributed by atoms with E-state index in [1.54, 1.807) is 6.92 Å². The van der Waals surface area contributed by atoms with Crippen molar-refractivity contribution in [3.05, 3.63) is 0 Å². The molecule has 0 atom stereocenters. The van der Waals surface area contributed by atoms with Gasteiger partial charge >= 0.3 is 5.97 Å². The standard InChI is InChI=1S/C8H9N3O3S/c1-3-14-7(13)5-6(9-4(2)12)11-8(15)10-5/h3H2,1-2H3,(H,9,11,12,15). The number of amidine groups is 1. The number of hydrogen-bond acceptors (Lipinski definition) is 4. The summed E-state index contributed by atoms with van der Waals surface area (Å²) >= 11 is 4.70. The van der Waals surface area contributed by atoms with Gasteiger partial charge in [-0.05, 0) is 19.1 Å². The van der Waals surface area contributed by atoms with E-state index in [-0.39, 0.29) is 29.2 Å². The minimum absolute atomic E-state index is 0.00167. The molecule has 0 saturated carbocycles. The van der Waals surface area contributed by atoms with Gasteiger partial charge in [-0.3, -0.25) is 4.79 Å². The highest BCUT2D eigenvalue weighted by atomic mass is 32.1. The highest BCUT2D eigenvalue weighted by Crippen LogP contribution is 2.00. The molecule has 0 aromatic carbocycles. The van der Waals surface area contributed by atoms with Gasteiger partial charge in [-0.25, -0.2) is 9.79 Å². The average molecular weight is 227 g/mol. The van der Waals surface area contributed by atoms with Crippen LogP contribution < -0.4 is 5.32 Å². The van der Waals surface area contributed by atoms with E-state index >= 15 is 0 Å². The minimum Gasteiger partial charge on any atom is -0.461 e. The van der Waals surface area contributed by atoms with Crippen molar-refractivity contribution in [1.29, 1.82) is 0 Å². The third-order valence-corrected chi connectivity index (χ3v) is 1.58. The normalized spacial score (nSPS) is 14.4. The number of nitrogens with one attached hydrogen (secondary N) is 1. The fourth-order valence-electron chi connectivity index (χ4n) is 0.918. The van der Waals surface area contributed by atoms with Crippen LogP contribution in [-0.2, 0) is 14.3 Å². The lowest BCUT2D eigenvalue weighted by Crippen LogP contribution is -2.37. The van der Waals surface area contributed by atoms with Crippen molar-refractivity contribution >= 4 is 40.8 Å². The summed E-state index contributed by atoms with van der Waals surface area (Å²) < 4.78 is 4.72. The van der Waals surface area contributed by atoms with Gasteiger partial charge in [0.25, 0.3) is 0 Å². The van der Waals surface area contributed by atoms with E-state index in [1.165, 1.54) is 6.92 Å². The summed E-state index contributed by atoms with van der Waals surface area (Å²) in [5.74, 6) is -0.953. The van der Waals surface area contributed by atoms with E-state index in [4.69, 9.17) is 17.0 Å². The molecule has 0 fully saturated rings. The molecule has 0 unspecified atom stereocenters. The van der Waals surface area contributed by atoms with Gasteiger partial charge in [0.15, 0.2) is 11.5 Å². The number of thiocarbonyl (C=S) groups is 1. The van der Waals surface area contributed by atoms with Crippen LogP contribution in [0.4, 0.5) is 0 Å². The second-order valence-electron chi connectivity index (χ2n) is 2.61. The molecule has 0 radical (unpaired) electrons. The molecule has 0 bridgehead atoms. The van der Waals surface area contributed by atoms with Gasteiger partial charge in [-0.2, -0.15) is 4.99 Å². The van der Waals surface area contributed by atoms with Crippen LogP contribution in [0.25, 0.3) is 0 Å². The lowest BCUT2D eigenvalue weighted by Gasteiger charge is -2.03. The van der Waals surface area contributed by atoms with Gasteiger partial charge < -0.3 is 10.1 Å². The van der Waals surface area contributed by atoms with Crippen molar-refractivity contribution in [3.63, 3.8) is 0 Å². The number of nitrogens with zero attached hydrogens (tertiary/aromatic N) is 2. The predicted molar refractivity (Wildman–Crippen MR) is 57.9 cm³/mol. The van der Waals surface area contributed by atoms with Crippen molar-refractivity contribution < 1.29 is 14.3 Å². The van der Waals surface area contributed by atoms with Crippen LogP contribution in [0.1, 0.15) is 13.8 Å². The van der Waals surface area contributed by atoms with Gasteiger partial charge in [-0.1, -0.05) is 0 Å². The van der Waals surface area contributed by atoms with Crippen LogP contribution in [-0.4, -0.2) is 35.1 Å². The Morgan fingerprint density at radius 1 is 1.47 bits per heavy atom. The molecule has 0 aromatic rings. The topological polar surface area (TPSA) is 80.1 Å². The van der Waals surface area contributed by atoms with Gasteiger partial charge in [0, 0.05) is 6.92 Å². The first-order chi connectivity index (χ1) is 7.04.